The van der Waals surface area contributed by atoms with Crippen molar-refractivity contribution in [3.8, 4) is 5.75 Å². The SMILES string of the molecule is C=C/C=C(\C=C)CN1CCC(CCN2C(=O)NC(c3ccc(OCCC)cc3)C(C(=O)OCC)=C2C)CC1. The molecule has 1 aromatic carbocycles. The molecule has 206 valence electrons. The first-order valence-electron chi connectivity index (χ1n) is 13.8. The van der Waals surface area contributed by atoms with Crippen LogP contribution >= 0.6 is 0 Å². The van der Waals surface area contributed by atoms with Gasteiger partial charge in [-0.15, -0.1) is 0 Å². The Balaban J connectivity index is 1.69. The van der Waals surface area contributed by atoms with Crippen LogP contribution in [0.4, 0.5) is 4.79 Å². The van der Waals surface area contributed by atoms with Gasteiger partial charge in [-0.25, -0.2) is 9.59 Å². The van der Waals surface area contributed by atoms with E-state index in [1.807, 2.05) is 43.3 Å². The Kier molecular flexibility index (Phi) is 11.2. The number of hydrogen-bond acceptors (Lipinski definition) is 5. The van der Waals surface area contributed by atoms with Gasteiger partial charge in [0.1, 0.15) is 5.75 Å². The van der Waals surface area contributed by atoms with E-state index in [0.717, 1.165) is 56.6 Å². The van der Waals surface area contributed by atoms with Crippen molar-refractivity contribution in [2.75, 3.05) is 39.4 Å². The van der Waals surface area contributed by atoms with Crippen molar-refractivity contribution in [2.24, 2.45) is 5.92 Å². The average Bonchev–Trinajstić information content (AvgIpc) is 2.92. The molecule has 2 aliphatic rings. The molecule has 3 rings (SSSR count). The fourth-order valence-corrected chi connectivity index (χ4v) is 5.09. The number of amides is 2. The van der Waals surface area contributed by atoms with Crippen molar-refractivity contribution in [3.05, 3.63) is 78.1 Å². The number of likely N-dealkylation sites (tertiary alicyclic amines) is 1. The fourth-order valence-electron chi connectivity index (χ4n) is 5.09. The van der Waals surface area contributed by atoms with Crippen LogP contribution < -0.4 is 10.1 Å². The Hall–Kier alpha value is -3.32. The molecule has 7 heteroatoms. The van der Waals surface area contributed by atoms with Gasteiger partial charge < -0.3 is 14.8 Å². The number of piperidine rings is 1. The lowest BCUT2D eigenvalue weighted by atomic mass is 9.92. The maximum atomic E-state index is 13.2. The van der Waals surface area contributed by atoms with Gasteiger partial charge in [0.05, 0.1) is 24.8 Å². The highest BCUT2D eigenvalue weighted by Crippen LogP contribution is 2.33. The summed E-state index contributed by atoms with van der Waals surface area (Å²) in [5, 5.41) is 3.06. The second-order valence-corrected chi connectivity index (χ2v) is 9.86. The first-order valence-corrected chi connectivity index (χ1v) is 13.8. The van der Waals surface area contributed by atoms with Gasteiger partial charge in [0.2, 0.25) is 0 Å². The molecule has 2 aliphatic heterocycles. The first kappa shape index (κ1) is 29.2. The lowest BCUT2D eigenvalue weighted by molar-refractivity contribution is -0.139. The third-order valence-electron chi connectivity index (χ3n) is 7.25. The molecule has 2 amide bonds. The fraction of sp³-hybridized carbons (Fsp3) is 0.484. The Bertz CT molecular complexity index is 1040. The van der Waals surface area contributed by atoms with Crippen molar-refractivity contribution < 1.29 is 19.1 Å². The Labute approximate surface area is 227 Å². The number of ether oxygens (including phenoxy) is 2. The van der Waals surface area contributed by atoms with Gasteiger partial charge in [-0.1, -0.05) is 50.4 Å². The van der Waals surface area contributed by atoms with Gasteiger partial charge in [-0.3, -0.25) is 9.80 Å². The minimum Gasteiger partial charge on any atom is -0.494 e. The zero-order chi connectivity index (χ0) is 27.5. The summed E-state index contributed by atoms with van der Waals surface area (Å²) in [7, 11) is 0. The standard InChI is InChI=1S/C31H43N3O4/c1-6-10-24(8-3)22-33-18-15-25(16-19-33)17-20-34-23(5)28(30(35)37-9-4)29(32-31(34)36)26-11-13-27(14-12-26)38-21-7-2/h6,8,10-14,25,29H,1,3,7,9,15-22H2,2,4-5H3,(H,32,36)/b24-10+. The summed E-state index contributed by atoms with van der Waals surface area (Å²) in [5.74, 6) is 0.897. The van der Waals surface area contributed by atoms with Crippen molar-refractivity contribution >= 4 is 12.0 Å². The molecule has 0 aliphatic carbocycles. The van der Waals surface area contributed by atoms with E-state index in [9.17, 15) is 9.59 Å². The maximum absolute atomic E-state index is 13.2. The Morgan fingerprint density at radius 2 is 1.87 bits per heavy atom. The number of nitrogens with one attached hydrogen (secondary N) is 1. The van der Waals surface area contributed by atoms with E-state index in [1.165, 1.54) is 5.57 Å². The van der Waals surface area contributed by atoms with Crippen LogP contribution in [0, 0.1) is 5.92 Å². The molecule has 0 bridgehead atoms. The van der Waals surface area contributed by atoms with E-state index in [-0.39, 0.29) is 12.6 Å². The lowest BCUT2D eigenvalue weighted by Gasteiger charge is -2.37. The second kappa shape index (κ2) is 14.6. The van der Waals surface area contributed by atoms with Gasteiger partial charge in [0.15, 0.2) is 0 Å². The van der Waals surface area contributed by atoms with Crippen LogP contribution in [0.3, 0.4) is 0 Å². The minimum atomic E-state index is -0.566. The van der Waals surface area contributed by atoms with Gasteiger partial charge >= 0.3 is 12.0 Å². The molecule has 0 saturated carbocycles. The molecular formula is C31H43N3O4. The number of hydrogen-bond donors (Lipinski definition) is 1. The Morgan fingerprint density at radius 1 is 1.16 bits per heavy atom. The third kappa shape index (κ3) is 7.60. The molecule has 0 radical (unpaired) electrons. The zero-order valence-corrected chi connectivity index (χ0v) is 23.2. The number of benzene rings is 1. The smallest absolute Gasteiger partial charge is 0.338 e. The third-order valence-corrected chi connectivity index (χ3v) is 7.25. The molecule has 1 fully saturated rings. The van der Waals surface area contributed by atoms with Crippen molar-refractivity contribution in [3.63, 3.8) is 0 Å². The Morgan fingerprint density at radius 3 is 2.47 bits per heavy atom. The molecule has 7 nitrogen and oxygen atoms in total. The number of allylic oxidation sites excluding steroid dienone is 3. The molecule has 0 aromatic heterocycles. The van der Waals surface area contributed by atoms with E-state index < -0.39 is 12.0 Å². The highest BCUT2D eigenvalue weighted by atomic mass is 16.5. The highest BCUT2D eigenvalue weighted by Gasteiger charge is 2.36. The molecule has 2 heterocycles. The van der Waals surface area contributed by atoms with E-state index in [0.29, 0.717) is 30.3 Å². The summed E-state index contributed by atoms with van der Waals surface area (Å²) < 4.78 is 11.1. The van der Waals surface area contributed by atoms with Crippen LogP contribution in [0.1, 0.15) is 58.1 Å². The second-order valence-electron chi connectivity index (χ2n) is 9.86. The van der Waals surface area contributed by atoms with Crippen LogP contribution in [0.25, 0.3) is 0 Å². The van der Waals surface area contributed by atoms with Gasteiger partial charge in [0, 0.05) is 18.8 Å². The predicted molar refractivity (Wildman–Crippen MR) is 152 cm³/mol. The summed E-state index contributed by atoms with van der Waals surface area (Å²) in [6.45, 7) is 17.8. The first-order chi connectivity index (χ1) is 18.4. The van der Waals surface area contributed by atoms with Crippen molar-refractivity contribution in [2.45, 2.75) is 52.5 Å². The topological polar surface area (TPSA) is 71.1 Å². The van der Waals surface area contributed by atoms with Crippen molar-refractivity contribution in [1.82, 2.24) is 15.1 Å². The number of carbonyl (C=O) groups excluding carboxylic acids is 2. The van der Waals surface area contributed by atoms with E-state index in [1.54, 1.807) is 17.9 Å². The van der Waals surface area contributed by atoms with Crippen molar-refractivity contribution in [1.29, 1.82) is 0 Å². The molecule has 1 unspecified atom stereocenters. The summed E-state index contributed by atoms with van der Waals surface area (Å²) in [6.07, 6.45) is 9.67. The number of urea groups is 1. The molecule has 0 spiro atoms. The van der Waals surface area contributed by atoms with Gasteiger partial charge in [-0.05, 0) is 81.8 Å². The number of carbonyl (C=O) groups is 2. The normalized spacial score (nSPS) is 19.2. The van der Waals surface area contributed by atoms with Crippen LogP contribution in [-0.2, 0) is 9.53 Å². The highest BCUT2D eigenvalue weighted by molar-refractivity contribution is 5.95. The minimum absolute atomic E-state index is 0.186. The summed E-state index contributed by atoms with van der Waals surface area (Å²) in [5.41, 5.74) is 3.13. The largest absolute Gasteiger partial charge is 0.494 e. The van der Waals surface area contributed by atoms with Crippen LogP contribution in [0.5, 0.6) is 5.75 Å². The quantitative estimate of drug-likeness (QED) is 0.263. The number of esters is 1. The van der Waals surface area contributed by atoms with E-state index in [4.69, 9.17) is 9.47 Å². The molecule has 1 N–H and O–H groups in total. The van der Waals surface area contributed by atoms with E-state index in [2.05, 4.69) is 30.3 Å². The van der Waals surface area contributed by atoms with Crippen LogP contribution in [0.15, 0.2) is 72.5 Å². The monoisotopic (exact) mass is 521 g/mol. The molecule has 1 aromatic rings. The van der Waals surface area contributed by atoms with Gasteiger partial charge in [-0.2, -0.15) is 0 Å². The van der Waals surface area contributed by atoms with Crippen LogP contribution in [-0.4, -0.2) is 61.2 Å². The average molecular weight is 522 g/mol. The summed E-state index contributed by atoms with van der Waals surface area (Å²) >= 11 is 0. The molecule has 38 heavy (non-hydrogen) atoms. The summed E-state index contributed by atoms with van der Waals surface area (Å²) in [4.78, 5) is 30.4. The molecular weight excluding hydrogens is 478 g/mol. The molecule has 1 atom stereocenters. The zero-order valence-electron chi connectivity index (χ0n) is 23.2. The maximum Gasteiger partial charge on any atom is 0.338 e. The van der Waals surface area contributed by atoms with Gasteiger partial charge in [0.25, 0.3) is 0 Å². The molecule has 1 saturated heterocycles. The van der Waals surface area contributed by atoms with E-state index >= 15 is 0 Å². The van der Waals surface area contributed by atoms with Crippen LogP contribution in [0.2, 0.25) is 0 Å². The number of nitrogens with zero attached hydrogens (tertiary/aromatic N) is 2. The lowest BCUT2D eigenvalue weighted by Crippen LogP contribution is -2.48. The predicted octanol–water partition coefficient (Wildman–Crippen LogP) is 5.78. The number of rotatable bonds is 13. The summed E-state index contributed by atoms with van der Waals surface area (Å²) in [6, 6.07) is 6.79.